The average Bonchev–Trinajstić information content (AvgIpc) is 2.93. The highest BCUT2D eigenvalue weighted by atomic mass is 16.5. The Labute approximate surface area is 223 Å². The molecular formula is C27H33N7O4. The van der Waals surface area contributed by atoms with Crippen molar-refractivity contribution in [1.29, 1.82) is 0 Å². The van der Waals surface area contributed by atoms with E-state index in [-0.39, 0.29) is 21.9 Å². The minimum atomic E-state index is -0.237. The van der Waals surface area contributed by atoms with Crippen molar-refractivity contribution in [3.8, 4) is 22.8 Å². The number of nitrogens with zero attached hydrogens (tertiary/aromatic N) is 5. The quantitative estimate of drug-likeness (QED) is 0.374. The van der Waals surface area contributed by atoms with Gasteiger partial charge in [0.05, 0.1) is 30.7 Å². The average molecular weight is 520 g/mol. The molecular weight excluding hydrogens is 486 g/mol. The number of aromatic nitrogens is 4. The van der Waals surface area contributed by atoms with Gasteiger partial charge in [0.15, 0.2) is 0 Å². The number of amides is 2. The van der Waals surface area contributed by atoms with E-state index in [0.29, 0.717) is 60.8 Å². The molecule has 0 spiro atoms. The molecule has 4 aromatic rings. The third-order valence-corrected chi connectivity index (χ3v) is 5.71. The Bertz CT molecular complexity index is 1450. The number of pyridine rings is 2. The van der Waals surface area contributed by atoms with Crippen molar-refractivity contribution in [2.24, 2.45) is 7.05 Å². The molecule has 4 heterocycles. The van der Waals surface area contributed by atoms with Crippen molar-refractivity contribution in [2.75, 3.05) is 36.9 Å². The lowest BCUT2D eigenvalue weighted by Crippen LogP contribution is -2.43. The van der Waals surface area contributed by atoms with Crippen LogP contribution < -0.4 is 20.9 Å². The summed E-state index contributed by atoms with van der Waals surface area (Å²) < 4.78 is 12.6. The van der Waals surface area contributed by atoms with Crippen molar-refractivity contribution in [1.82, 2.24) is 24.4 Å². The Kier molecular flexibility index (Phi) is 8.29. The Hall–Kier alpha value is -4.77. The molecule has 3 aromatic heterocycles. The van der Waals surface area contributed by atoms with Crippen LogP contribution in [0.25, 0.3) is 11.3 Å². The number of anilines is 3. The van der Waals surface area contributed by atoms with Crippen molar-refractivity contribution >= 4 is 23.5 Å². The number of carbonyl (C=O) groups is 1. The van der Waals surface area contributed by atoms with Gasteiger partial charge in [-0.05, 0) is 30.3 Å². The fourth-order valence-corrected chi connectivity index (χ4v) is 3.72. The molecule has 1 aliphatic heterocycles. The fourth-order valence-electron chi connectivity index (χ4n) is 3.72. The van der Waals surface area contributed by atoms with Gasteiger partial charge in [-0.3, -0.25) is 19.7 Å². The number of hydrogen-bond donors (Lipinski definition) is 2. The van der Waals surface area contributed by atoms with Crippen LogP contribution in [0.5, 0.6) is 11.5 Å². The van der Waals surface area contributed by atoms with Crippen LogP contribution in [-0.2, 0) is 11.8 Å². The Morgan fingerprint density at radius 3 is 2.53 bits per heavy atom. The molecule has 0 radical (unpaired) electrons. The molecule has 1 saturated heterocycles. The van der Waals surface area contributed by atoms with Crippen LogP contribution in [0.15, 0.2) is 78.0 Å². The number of morpholine rings is 1. The minimum absolute atomic E-state index is 0. The van der Waals surface area contributed by atoms with Crippen LogP contribution in [0, 0.1) is 0 Å². The van der Waals surface area contributed by atoms with E-state index in [1.807, 2.05) is 30.3 Å². The molecule has 1 fully saturated rings. The molecule has 11 nitrogen and oxygen atoms in total. The number of hydrogen-bond acceptors (Lipinski definition) is 8. The number of ether oxygens (including phenoxy) is 2. The summed E-state index contributed by atoms with van der Waals surface area (Å²) in [6.45, 7) is 2.10. The van der Waals surface area contributed by atoms with Crippen LogP contribution in [0.2, 0.25) is 0 Å². The van der Waals surface area contributed by atoms with E-state index < -0.39 is 0 Å². The van der Waals surface area contributed by atoms with E-state index in [2.05, 4.69) is 25.6 Å². The van der Waals surface area contributed by atoms with Gasteiger partial charge in [-0.15, -0.1) is 0 Å². The SMILES string of the molecule is C.Cn1c(Nc2ccccc2)ncc(-c2ccc(Oc3ccnc(NC(=O)N4CCOCC4)c3)cn2)c1=O.[HH].[HH]. The van der Waals surface area contributed by atoms with Gasteiger partial charge >= 0.3 is 6.03 Å². The van der Waals surface area contributed by atoms with Crippen molar-refractivity contribution < 1.29 is 17.1 Å². The number of urea groups is 1. The first-order chi connectivity index (χ1) is 18.1. The summed E-state index contributed by atoms with van der Waals surface area (Å²) in [6.07, 6.45) is 4.58. The van der Waals surface area contributed by atoms with Gasteiger partial charge in [0.1, 0.15) is 17.3 Å². The number of nitrogens with one attached hydrogen (secondary N) is 2. The normalized spacial score (nSPS) is 12.8. The van der Waals surface area contributed by atoms with Gasteiger partial charge in [-0.1, -0.05) is 25.6 Å². The van der Waals surface area contributed by atoms with Crippen LogP contribution in [-0.4, -0.2) is 56.8 Å². The maximum Gasteiger partial charge on any atom is 0.323 e. The van der Waals surface area contributed by atoms with Crippen molar-refractivity contribution in [2.45, 2.75) is 7.43 Å². The maximum absolute atomic E-state index is 13.0. The molecule has 200 valence electrons. The van der Waals surface area contributed by atoms with E-state index in [0.717, 1.165) is 5.69 Å². The summed E-state index contributed by atoms with van der Waals surface area (Å²) in [4.78, 5) is 40.0. The molecule has 0 bridgehead atoms. The smallest absolute Gasteiger partial charge is 0.323 e. The highest BCUT2D eigenvalue weighted by molar-refractivity contribution is 5.88. The van der Waals surface area contributed by atoms with Gasteiger partial charge < -0.3 is 19.7 Å². The Morgan fingerprint density at radius 1 is 1.00 bits per heavy atom. The number of carbonyl (C=O) groups excluding carboxylic acids is 1. The van der Waals surface area contributed by atoms with Crippen molar-refractivity contribution in [3.63, 3.8) is 0 Å². The third-order valence-electron chi connectivity index (χ3n) is 5.71. The summed E-state index contributed by atoms with van der Waals surface area (Å²) in [5, 5.41) is 5.91. The Balaban J connectivity index is 0.00000187. The highest BCUT2D eigenvalue weighted by Gasteiger charge is 2.17. The molecule has 1 aromatic carbocycles. The molecule has 2 N–H and O–H groups in total. The number of para-hydroxylation sites is 1. The molecule has 0 aliphatic carbocycles. The maximum atomic E-state index is 13.0. The highest BCUT2D eigenvalue weighted by Crippen LogP contribution is 2.24. The molecule has 11 heteroatoms. The standard InChI is InChI=1S/C26H25N7O4.CH4.2H2/c1-32-24(34)21(17-29-25(32)30-18-5-3-2-4-6-18)22-8-7-20(16-28-22)37-19-9-10-27-23(15-19)31-26(35)33-11-13-36-14-12-33;;;/h2-10,15-17H,11-14H2,1H3,(H,29,30)(H,27,31,35);1H4;2*1H. The summed E-state index contributed by atoms with van der Waals surface area (Å²) >= 11 is 0. The Morgan fingerprint density at radius 2 is 1.79 bits per heavy atom. The summed E-state index contributed by atoms with van der Waals surface area (Å²) in [5.74, 6) is 1.75. The summed E-state index contributed by atoms with van der Waals surface area (Å²) in [6, 6.07) is 16.0. The van der Waals surface area contributed by atoms with Gasteiger partial charge in [0.25, 0.3) is 5.56 Å². The van der Waals surface area contributed by atoms with Gasteiger partial charge in [-0.25, -0.2) is 14.8 Å². The van der Waals surface area contributed by atoms with E-state index >= 15 is 0 Å². The third kappa shape index (κ3) is 6.13. The first-order valence-corrected chi connectivity index (χ1v) is 11.7. The zero-order valence-electron chi connectivity index (χ0n) is 20.1. The fraction of sp³-hybridized carbons (Fsp3) is 0.222. The topological polar surface area (TPSA) is 124 Å². The van der Waals surface area contributed by atoms with Gasteiger partial charge in [0, 0.05) is 47.1 Å². The van der Waals surface area contributed by atoms with Gasteiger partial charge in [0.2, 0.25) is 5.95 Å². The molecule has 0 atom stereocenters. The molecule has 0 unspecified atom stereocenters. The van der Waals surface area contributed by atoms with E-state index in [1.54, 1.807) is 42.4 Å². The second-order valence-electron chi connectivity index (χ2n) is 8.24. The van der Waals surface area contributed by atoms with Crippen LogP contribution in [0.3, 0.4) is 0 Å². The lowest BCUT2D eigenvalue weighted by Gasteiger charge is -2.26. The molecule has 5 rings (SSSR count). The van der Waals surface area contributed by atoms with E-state index in [4.69, 9.17) is 9.47 Å². The molecule has 2 amide bonds. The predicted octanol–water partition coefficient (Wildman–Crippen LogP) is 4.77. The molecule has 38 heavy (non-hydrogen) atoms. The lowest BCUT2D eigenvalue weighted by atomic mass is 10.2. The van der Waals surface area contributed by atoms with Crippen LogP contribution in [0.1, 0.15) is 10.3 Å². The zero-order valence-corrected chi connectivity index (χ0v) is 20.1. The van der Waals surface area contributed by atoms with Gasteiger partial charge in [-0.2, -0.15) is 0 Å². The summed E-state index contributed by atoms with van der Waals surface area (Å²) in [7, 11) is 1.65. The molecule has 0 saturated carbocycles. The van der Waals surface area contributed by atoms with E-state index in [9.17, 15) is 9.59 Å². The minimum Gasteiger partial charge on any atom is -0.456 e. The van der Waals surface area contributed by atoms with Crippen molar-refractivity contribution in [3.05, 3.63) is 83.5 Å². The number of rotatable bonds is 6. The van der Waals surface area contributed by atoms with E-state index in [1.165, 1.54) is 17.0 Å². The van der Waals surface area contributed by atoms with Crippen LogP contribution >= 0.6 is 0 Å². The second-order valence-corrected chi connectivity index (χ2v) is 8.24. The lowest BCUT2D eigenvalue weighted by molar-refractivity contribution is 0.0564. The molecule has 1 aliphatic rings. The summed E-state index contributed by atoms with van der Waals surface area (Å²) in [5.41, 5.74) is 1.44. The second kappa shape index (κ2) is 12.0. The predicted molar refractivity (Wildman–Crippen MR) is 149 cm³/mol. The number of benzene rings is 1. The first-order valence-electron chi connectivity index (χ1n) is 11.7. The monoisotopic (exact) mass is 519 g/mol. The zero-order chi connectivity index (χ0) is 25.6. The first kappa shape index (κ1) is 26.3. The van der Waals surface area contributed by atoms with Crippen LogP contribution in [0.4, 0.5) is 22.2 Å². The largest absolute Gasteiger partial charge is 0.456 e.